The van der Waals surface area contributed by atoms with Crippen LogP contribution >= 0.6 is 11.6 Å². The molecule has 0 fully saturated rings. The molecule has 0 saturated heterocycles. The van der Waals surface area contributed by atoms with Gasteiger partial charge in [-0.2, -0.15) is 0 Å². The van der Waals surface area contributed by atoms with Gasteiger partial charge in [-0.25, -0.2) is 9.37 Å². The SMILES string of the molecule is Cn1cc(C(=O)NCc2ccc(F)c(Cl)c2)c2cccnc21. The van der Waals surface area contributed by atoms with Crippen LogP contribution < -0.4 is 5.32 Å². The summed E-state index contributed by atoms with van der Waals surface area (Å²) in [6.45, 7) is 0.273. The molecule has 6 heteroatoms. The summed E-state index contributed by atoms with van der Waals surface area (Å²) in [6, 6.07) is 8.02. The zero-order valence-electron chi connectivity index (χ0n) is 11.8. The number of aromatic nitrogens is 2. The fourth-order valence-corrected chi connectivity index (χ4v) is 2.52. The van der Waals surface area contributed by atoms with Gasteiger partial charge in [0.2, 0.25) is 0 Å². The average Bonchev–Trinajstić information content (AvgIpc) is 2.86. The second-order valence-corrected chi connectivity index (χ2v) is 5.37. The second-order valence-electron chi connectivity index (χ2n) is 4.96. The fourth-order valence-electron chi connectivity index (χ4n) is 2.32. The number of amides is 1. The van der Waals surface area contributed by atoms with Crippen molar-refractivity contribution < 1.29 is 9.18 Å². The highest BCUT2D eigenvalue weighted by molar-refractivity contribution is 6.30. The molecule has 0 aliphatic carbocycles. The standard InChI is InChI=1S/C16H13ClFN3O/c1-21-9-12(11-3-2-6-19-15(11)21)16(22)20-8-10-4-5-14(18)13(17)7-10/h2-7,9H,8H2,1H3,(H,20,22). The van der Waals surface area contributed by atoms with Crippen molar-refractivity contribution in [3.8, 4) is 0 Å². The molecule has 3 rings (SSSR count). The maximum absolute atomic E-state index is 13.1. The van der Waals surface area contributed by atoms with E-state index in [0.29, 0.717) is 5.56 Å². The van der Waals surface area contributed by atoms with Crippen LogP contribution in [0.15, 0.2) is 42.7 Å². The van der Waals surface area contributed by atoms with Gasteiger partial charge in [0.15, 0.2) is 0 Å². The van der Waals surface area contributed by atoms with Gasteiger partial charge in [-0.3, -0.25) is 4.79 Å². The molecule has 0 aliphatic rings. The highest BCUT2D eigenvalue weighted by atomic mass is 35.5. The Morgan fingerprint density at radius 1 is 1.41 bits per heavy atom. The van der Waals surface area contributed by atoms with Gasteiger partial charge in [-0.1, -0.05) is 17.7 Å². The minimum atomic E-state index is -0.475. The number of carbonyl (C=O) groups excluding carboxylic acids is 1. The normalized spacial score (nSPS) is 10.9. The highest BCUT2D eigenvalue weighted by Gasteiger charge is 2.14. The average molecular weight is 318 g/mol. The molecule has 0 aliphatic heterocycles. The minimum Gasteiger partial charge on any atom is -0.348 e. The van der Waals surface area contributed by atoms with Crippen molar-refractivity contribution in [2.45, 2.75) is 6.54 Å². The maximum atomic E-state index is 13.1. The van der Waals surface area contributed by atoms with Crippen LogP contribution in [0.25, 0.3) is 11.0 Å². The molecule has 22 heavy (non-hydrogen) atoms. The van der Waals surface area contributed by atoms with Gasteiger partial charge >= 0.3 is 0 Å². The first-order valence-corrected chi connectivity index (χ1v) is 7.06. The first-order chi connectivity index (χ1) is 10.6. The summed E-state index contributed by atoms with van der Waals surface area (Å²) < 4.78 is 14.9. The van der Waals surface area contributed by atoms with E-state index >= 15 is 0 Å². The van der Waals surface area contributed by atoms with E-state index in [-0.39, 0.29) is 17.5 Å². The Morgan fingerprint density at radius 2 is 2.23 bits per heavy atom. The van der Waals surface area contributed by atoms with Crippen molar-refractivity contribution in [3.63, 3.8) is 0 Å². The Morgan fingerprint density at radius 3 is 3.00 bits per heavy atom. The molecule has 0 bridgehead atoms. The van der Waals surface area contributed by atoms with E-state index in [2.05, 4.69) is 10.3 Å². The first-order valence-electron chi connectivity index (χ1n) is 6.68. The van der Waals surface area contributed by atoms with Crippen molar-refractivity contribution in [2.75, 3.05) is 0 Å². The van der Waals surface area contributed by atoms with E-state index in [1.165, 1.54) is 12.1 Å². The van der Waals surface area contributed by atoms with Gasteiger partial charge in [-0.05, 0) is 29.8 Å². The largest absolute Gasteiger partial charge is 0.348 e. The van der Waals surface area contributed by atoms with Gasteiger partial charge in [0.25, 0.3) is 5.91 Å². The zero-order chi connectivity index (χ0) is 15.7. The molecule has 2 heterocycles. The number of aryl methyl sites for hydroxylation is 1. The molecular formula is C16H13ClFN3O. The lowest BCUT2D eigenvalue weighted by atomic mass is 10.2. The summed E-state index contributed by atoms with van der Waals surface area (Å²) in [4.78, 5) is 16.6. The molecule has 0 radical (unpaired) electrons. The quantitative estimate of drug-likeness (QED) is 0.805. The van der Waals surface area contributed by atoms with Crippen LogP contribution in [0.3, 0.4) is 0 Å². The maximum Gasteiger partial charge on any atom is 0.253 e. The van der Waals surface area contributed by atoms with Crippen molar-refractivity contribution in [1.82, 2.24) is 14.9 Å². The molecule has 3 aromatic rings. The Kier molecular flexibility index (Phi) is 3.81. The third-order valence-electron chi connectivity index (χ3n) is 3.42. The lowest BCUT2D eigenvalue weighted by Gasteiger charge is -2.05. The number of hydrogen-bond acceptors (Lipinski definition) is 2. The van der Waals surface area contributed by atoms with Crippen molar-refractivity contribution in [1.29, 1.82) is 0 Å². The van der Waals surface area contributed by atoms with E-state index in [9.17, 15) is 9.18 Å². The number of fused-ring (bicyclic) bond motifs is 1. The molecule has 4 nitrogen and oxygen atoms in total. The summed E-state index contributed by atoms with van der Waals surface area (Å²) in [7, 11) is 1.84. The highest BCUT2D eigenvalue weighted by Crippen LogP contribution is 2.19. The van der Waals surface area contributed by atoms with Gasteiger partial charge < -0.3 is 9.88 Å². The topological polar surface area (TPSA) is 46.9 Å². The molecule has 0 unspecified atom stereocenters. The van der Waals surface area contributed by atoms with Crippen LogP contribution in [-0.4, -0.2) is 15.5 Å². The van der Waals surface area contributed by atoms with Crippen LogP contribution in [0.4, 0.5) is 4.39 Å². The van der Waals surface area contributed by atoms with E-state index in [1.807, 2.05) is 13.1 Å². The van der Waals surface area contributed by atoms with Crippen LogP contribution in [0.2, 0.25) is 5.02 Å². The number of benzene rings is 1. The third kappa shape index (κ3) is 2.67. The summed E-state index contributed by atoms with van der Waals surface area (Å²) in [6.07, 6.45) is 3.43. The van der Waals surface area contributed by atoms with Crippen molar-refractivity contribution in [2.24, 2.45) is 7.05 Å². The summed E-state index contributed by atoms with van der Waals surface area (Å²) in [5.74, 6) is -0.684. The lowest BCUT2D eigenvalue weighted by Crippen LogP contribution is -2.22. The van der Waals surface area contributed by atoms with Crippen molar-refractivity contribution >= 4 is 28.5 Å². The van der Waals surface area contributed by atoms with Crippen LogP contribution in [-0.2, 0) is 13.6 Å². The molecule has 1 aromatic carbocycles. The van der Waals surface area contributed by atoms with Gasteiger partial charge in [0.1, 0.15) is 11.5 Å². The number of rotatable bonds is 3. The monoisotopic (exact) mass is 317 g/mol. The molecule has 2 aromatic heterocycles. The van der Waals surface area contributed by atoms with E-state index in [1.54, 1.807) is 29.1 Å². The minimum absolute atomic E-state index is 0.0427. The van der Waals surface area contributed by atoms with Crippen LogP contribution in [0.1, 0.15) is 15.9 Å². The van der Waals surface area contributed by atoms with Gasteiger partial charge in [0.05, 0.1) is 10.6 Å². The fraction of sp³-hybridized carbons (Fsp3) is 0.125. The molecule has 0 atom stereocenters. The Balaban J connectivity index is 1.80. The zero-order valence-corrected chi connectivity index (χ0v) is 12.6. The molecule has 0 spiro atoms. The molecule has 112 valence electrons. The van der Waals surface area contributed by atoms with Gasteiger partial charge in [-0.15, -0.1) is 0 Å². The Bertz CT molecular complexity index is 860. The number of nitrogens with zero attached hydrogens (tertiary/aromatic N) is 2. The predicted octanol–water partition coefficient (Wildman–Crippen LogP) is 3.30. The summed E-state index contributed by atoms with van der Waals surface area (Å²) >= 11 is 5.73. The Hall–Kier alpha value is -2.40. The third-order valence-corrected chi connectivity index (χ3v) is 3.71. The smallest absolute Gasteiger partial charge is 0.253 e. The van der Waals surface area contributed by atoms with E-state index in [4.69, 9.17) is 11.6 Å². The number of halogens is 2. The molecule has 0 saturated carbocycles. The number of nitrogens with one attached hydrogen (secondary N) is 1. The number of pyridine rings is 1. The second kappa shape index (κ2) is 5.77. The van der Waals surface area contributed by atoms with E-state index in [0.717, 1.165) is 16.6 Å². The Labute approximate surface area is 131 Å². The molecule has 1 amide bonds. The van der Waals surface area contributed by atoms with E-state index < -0.39 is 5.82 Å². The van der Waals surface area contributed by atoms with Gasteiger partial charge in [0, 0.05) is 31.4 Å². The van der Waals surface area contributed by atoms with Crippen LogP contribution in [0.5, 0.6) is 0 Å². The molecular weight excluding hydrogens is 305 g/mol. The van der Waals surface area contributed by atoms with Crippen molar-refractivity contribution in [3.05, 3.63) is 64.7 Å². The van der Waals surface area contributed by atoms with Crippen LogP contribution in [0, 0.1) is 5.82 Å². The summed E-state index contributed by atoms with van der Waals surface area (Å²) in [5.41, 5.74) is 2.04. The predicted molar refractivity (Wildman–Crippen MR) is 83.3 cm³/mol. The first kappa shape index (κ1) is 14.5. The lowest BCUT2D eigenvalue weighted by molar-refractivity contribution is 0.0952. The number of hydrogen-bond donors (Lipinski definition) is 1. The molecule has 1 N–H and O–H groups in total. The number of carbonyl (C=O) groups is 1. The summed E-state index contributed by atoms with van der Waals surface area (Å²) in [5, 5.41) is 3.64.